The number of carbonyl (C=O) groups is 1. The van der Waals surface area contributed by atoms with Gasteiger partial charge in [0, 0.05) is 44.4 Å². The third-order valence-corrected chi connectivity index (χ3v) is 9.06. The zero-order valence-electron chi connectivity index (χ0n) is 21.6. The van der Waals surface area contributed by atoms with Gasteiger partial charge in [-0.1, -0.05) is 32.6 Å². The summed E-state index contributed by atoms with van der Waals surface area (Å²) in [7, 11) is -2.64. The molecule has 8 nitrogen and oxygen atoms in total. The molecule has 1 aliphatic heterocycles. The first-order chi connectivity index (χ1) is 16.1. The molecule has 0 aliphatic carbocycles. The van der Waals surface area contributed by atoms with E-state index in [1.54, 1.807) is 0 Å². The Balaban J connectivity index is 1.94. The monoisotopic (exact) mass is 491 g/mol. The zero-order chi connectivity index (χ0) is 24.3. The van der Waals surface area contributed by atoms with Crippen LogP contribution >= 0.6 is 0 Å². The van der Waals surface area contributed by atoms with Crippen LogP contribution in [0.2, 0.25) is 6.04 Å². The molecule has 1 fully saturated rings. The molecular weight excluding hydrogens is 442 g/mol. The van der Waals surface area contributed by atoms with E-state index in [1.807, 2.05) is 20.8 Å². The van der Waals surface area contributed by atoms with E-state index in [-0.39, 0.29) is 11.5 Å². The third-order valence-electron chi connectivity index (χ3n) is 5.91. The molecule has 0 radical (unpaired) electrons. The van der Waals surface area contributed by atoms with Crippen molar-refractivity contribution in [1.29, 1.82) is 0 Å². The van der Waals surface area contributed by atoms with E-state index in [1.165, 1.54) is 12.8 Å². The molecule has 0 atom stereocenters. The minimum atomic E-state index is -2.64. The predicted molar refractivity (Wildman–Crippen MR) is 131 cm³/mol. The maximum absolute atomic E-state index is 11.9. The van der Waals surface area contributed by atoms with Crippen LogP contribution in [0.1, 0.15) is 79.1 Å². The quantitative estimate of drug-likeness (QED) is 0.170. The fourth-order valence-electron chi connectivity index (χ4n) is 3.79. The lowest BCUT2D eigenvalue weighted by Gasteiger charge is -2.40. The van der Waals surface area contributed by atoms with Crippen molar-refractivity contribution < 1.29 is 32.3 Å². The number of hydrogen-bond acceptors (Lipinski definition) is 7. The van der Waals surface area contributed by atoms with Crippen LogP contribution in [-0.4, -0.2) is 74.3 Å². The largest absolute Gasteiger partial charge is 0.500 e. The topological polar surface area (TPSA) is 84.5 Å². The first kappa shape index (κ1) is 30.3. The van der Waals surface area contributed by atoms with Crippen LogP contribution in [0, 0.1) is 5.41 Å². The second kappa shape index (κ2) is 18.6. The van der Waals surface area contributed by atoms with Crippen LogP contribution in [0.25, 0.3) is 0 Å². The molecule has 0 bridgehead atoms. The van der Waals surface area contributed by atoms with Gasteiger partial charge in [-0.15, -0.1) is 0 Å². The highest BCUT2D eigenvalue weighted by molar-refractivity contribution is 6.60. The number of unbranched alkanes of at least 4 members (excludes halogenated alkanes) is 5. The summed E-state index contributed by atoms with van der Waals surface area (Å²) < 4.78 is 33.9. The number of carbonyl (C=O) groups excluding carboxylic acids is 1. The molecule has 0 aromatic carbocycles. The van der Waals surface area contributed by atoms with E-state index < -0.39 is 8.80 Å². The summed E-state index contributed by atoms with van der Waals surface area (Å²) in [6.45, 7) is 14.1. The number of amides is 1. The standard InChI is InChI=1S/C24H49NO7Si/c1-5-24(21-28-22-24)20-27-17-13-11-9-10-12-14-18-29-23(26)25-16-15-19-33(30-6-2,31-7-3)32-8-4/h5-22H2,1-4H3,(H,25,26). The zero-order valence-corrected chi connectivity index (χ0v) is 22.6. The van der Waals surface area contributed by atoms with Gasteiger partial charge >= 0.3 is 14.9 Å². The van der Waals surface area contributed by atoms with Gasteiger partial charge in [0.2, 0.25) is 0 Å². The normalized spacial score (nSPS) is 15.3. The highest BCUT2D eigenvalue weighted by atomic mass is 28.4. The van der Waals surface area contributed by atoms with Crippen molar-refractivity contribution >= 4 is 14.9 Å². The van der Waals surface area contributed by atoms with Crippen LogP contribution in [0.4, 0.5) is 4.79 Å². The summed E-state index contributed by atoms with van der Waals surface area (Å²) in [5.74, 6) is 0. The molecule has 1 N–H and O–H groups in total. The molecule has 33 heavy (non-hydrogen) atoms. The molecule has 1 saturated heterocycles. The van der Waals surface area contributed by atoms with Crippen LogP contribution in [0.15, 0.2) is 0 Å². The minimum Gasteiger partial charge on any atom is -0.450 e. The minimum absolute atomic E-state index is 0.287. The summed E-state index contributed by atoms with van der Waals surface area (Å²) in [4.78, 5) is 11.9. The van der Waals surface area contributed by atoms with Crippen molar-refractivity contribution in [1.82, 2.24) is 5.32 Å². The van der Waals surface area contributed by atoms with Crippen molar-refractivity contribution in [2.75, 3.05) is 59.4 Å². The molecule has 1 heterocycles. The van der Waals surface area contributed by atoms with Crippen LogP contribution in [0.5, 0.6) is 0 Å². The van der Waals surface area contributed by atoms with Crippen LogP contribution < -0.4 is 5.32 Å². The first-order valence-corrected chi connectivity index (χ1v) is 15.0. The Morgan fingerprint density at radius 2 is 1.42 bits per heavy atom. The maximum Gasteiger partial charge on any atom is 0.500 e. The Morgan fingerprint density at radius 3 is 1.94 bits per heavy atom. The fourth-order valence-corrected chi connectivity index (χ4v) is 6.41. The van der Waals surface area contributed by atoms with Gasteiger partial charge in [-0.25, -0.2) is 4.79 Å². The second-order valence-electron chi connectivity index (χ2n) is 8.67. The summed E-state index contributed by atoms with van der Waals surface area (Å²) >= 11 is 0. The summed E-state index contributed by atoms with van der Waals surface area (Å²) in [6.07, 6.45) is 8.15. The fraction of sp³-hybridized carbons (Fsp3) is 0.958. The summed E-state index contributed by atoms with van der Waals surface area (Å²) in [6, 6.07) is 0.682. The van der Waals surface area contributed by atoms with Gasteiger partial charge in [-0.2, -0.15) is 0 Å². The summed E-state index contributed by atoms with van der Waals surface area (Å²) in [5, 5.41) is 2.81. The maximum atomic E-state index is 11.9. The van der Waals surface area contributed by atoms with Crippen LogP contribution in [-0.2, 0) is 27.5 Å². The van der Waals surface area contributed by atoms with E-state index >= 15 is 0 Å². The van der Waals surface area contributed by atoms with E-state index in [4.69, 9.17) is 27.5 Å². The molecule has 0 saturated carbocycles. The molecule has 1 amide bonds. The first-order valence-electron chi connectivity index (χ1n) is 13.0. The van der Waals surface area contributed by atoms with Gasteiger partial charge in [0.1, 0.15) is 0 Å². The number of nitrogens with one attached hydrogen (secondary N) is 1. The van der Waals surface area contributed by atoms with Crippen molar-refractivity contribution in [3.63, 3.8) is 0 Å². The Bertz CT molecular complexity index is 469. The van der Waals surface area contributed by atoms with Crippen molar-refractivity contribution in [2.24, 2.45) is 5.41 Å². The molecule has 196 valence electrons. The number of alkyl carbamates (subject to hydrolysis) is 1. The molecule has 1 aliphatic rings. The van der Waals surface area contributed by atoms with E-state index in [9.17, 15) is 4.79 Å². The smallest absolute Gasteiger partial charge is 0.450 e. The SMILES string of the molecule is CCO[Si](CCCNC(=O)OCCCCCCCCOCC1(CC)COC1)(OCC)OCC. The van der Waals surface area contributed by atoms with Crippen molar-refractivity contribution in [3.05, 3.63) is 0 Å². The highest BCUT2D eigenvalue weighted by Crippen LogP contribution is 2.31. The molecule has 0 aromatic heterocycles. The van der Waals surface area contributed by atoms with Gasteiger partial charge in [-0.3, -0.25) is 0 Å². The number of rotatable bonds is 22. The predicted octanol–water partition coefficient (Wildman–Crippen LogP) is 4.93. The number of hydrogen-bond donors (Lipinski definition) is 1. The lowest BCUT2D eigenvalue weighted by atomic mass is 9.84. The Kier molecular flexibility index (Phi) is 17.1. The van der Waals surface area contributed by atoms with Crippen molar-refractivity contribution in [2.45, 2.75) is 85.1 Å². The van der Waals surface area contributed by atoms with Gasteiger partial charge in [-0.05, 0) is 46.5 Å². The summed E-state index contributed by atoms with van der Waals surface area (Å²) in [5.41, 5.74) is 0.287. The average Bonchev–Trinajstić information content (AvgIpc) is 2.77. The van der Waals surface area contributed by atoms with Gasteiger partial charge in [0.05, 0.1) is 26.4 Å². The number of ether oxygens (including phenoxy) is 3. The molecule has 0 spiro atoms. The molecule has 0 aromatic rings. The van der Waals surface area contributed by atoms with E-state index in [0.717, 1.165) is 65.0 Å². The lowest BCUT2D eigenvalue weighted by molar-refractivity contribution is -0.150. The Morgan fingerprint density at radius 1 is 0.848 bits per heavy atom. The average molecular weight is 492 g/mol. The molecule has 1 rings (SSSR count). The van der Waals surface area contributed by atoms with E-state index in [2.05, 4.69) is 12.2 Å². The molecule has 0 unspecified atom stereocenters. The Labute approximate surface area is 202 Å². The molecular formula is C24H49NO7Si. The highest BCUT2D eigenvalue weighted by Gasteiger charge is 2.39. The molecule has 9 heteroatoms. The third kappa shape index (κ3) is 13.1. The van der Waals surface area contributed by atoms with Gasteiger partial charge in [0.15, 0.2) is 0 Å². The Hall–Kier alpha value is -0.713. The van der Waals surface area contributed by atoms with Crippen molar-refractivity contribution in [3.8, 4) is 0 Å². The lowest BCUT2D eigenvalue weighted by Crippen LogP contribution is -2.46. The van der Waals surface area contributed by atoms with Gasteiger partial charge in [0.25, 0.3) is 0 Å². The van der Waals surface area contributed by atoms with Gasteiger partial charge < -0.3 is 32.8 Å². The van der Waals surface area contributed by atoms with E-state index in [0.29, 0.717) is 39.0 Å². The second-order valence-corrected chi connectivity index (χ2v) is 11.4. The van der Waals surface area contributed by atoms with Crippen LogP contribution in [0.3, 0.4) is 0 Å².